The molecule has 4 rings (SSSR count). The molecule has 2 aromatic heterocycles. The molecule has 0 N–H and O–H groups in total. The van der Waals surface area contributed by atoms with Crippen LogP contribution in [0.1, 0.15) is 35.9 Å². The Bertz CT molecular complexity index is 1250. The van der Waals surface area contributed by atoms with Crippen LogP contribution in [0.15, 0.2) is 48.5 Å². The third-order valence-corrected chi connectivity index (χ3v) is 10.5. The van der Waals surface area contributed by atoms with E-state index >= 15 is 0 Å². The average molecular weight is 565 g/mol. The molecule has 0 saturated carbocycles. The normalized spacial score (nSPS) is 11.8. The number of ether oxygens (including phenoxy) is 1. The van der Waals surface area contributed by atoms with Crippen molar-refractivity contribution in [1.29, 1.82) is 0 Å². The van der Waals surface area contributed by atoms with E-state index in [9.17, 15) is 0 Å². The summed E-state index contributed by atoms with van der Waals surface area (Å²) in [5.74, 6) is 0.867. The molecular weight excluding hydrogens is 531 g/mol. The third kappa shape index (κ3) is 5.10. The van der Waals surface area contributed by atoms with Gasteiger partial charge in [0.2, 0.25) is 0 Å². The Morgan fingerprint density at radius 2 is 1.68 bits per heavy atom. The second-order valence-electron chi connectivity index (χ2n) is 9.68. The van der Waals surface area contributed by atoms with Crippen LogP contribution in [0.4, 0.5) is 0 Å². The number of rotatable bonds is 9. The van der Waals surface area contributed by atoms with E-state index in [2.05, 4.69) is 88.7 Å². The molecule has 178 valence electrons. The van der Waals surface area contributed by atoms with Crippen LogP contribution < -0.4 is 0 Å². The summed E-state index contributed by atoms with van der Waals surface area (Å²) in [4.78, 5) is 6.94. The molecule has 0 aliphatic carbocycles. The van der Waals surface area contributed by atoms with E-state index in [0.29, 0.717) is 6.61 Å². The van der Waals surface area contributed by atoms with Gasteiger partial charge in [-0.1, -0.05) is 13.3 Å². The van der Waals surface area contributed by atoms with Gasteiger partial charge in [-0.25, -0.2) is 0 Å². The number of tetrazole rings is 1. The van der Waals surface area contributed by atoms with E-state index in [1.807, 2.05) is 11.7 Å². The molecule has 0 fully saturated rings. The van der Waals surface area contributed by atoms with Crippen molar-refractivity contribution in [3.63, 3.8) is 0 Å². The van der Waals surface area contributed by atoms with Gasteiger partial charge in [0, 0.05) is 14.2 Å². The van der Waals surface area contributed by atoms with Gasteiger partial charge in [-0.2, -0.15) is 0 Å². The number of hydrogen-bond donors (Lipinski definition) is 0. The summed E-state index contributed by atoms with van der Waals surface area (Å²) in [5.41, 5.74) is 8.26. The van der Waals surface area contributed by atoms with Crippen molar-refractivity contribution >= 4 is 18.7 Å². The van der Waals surface area contributed by atoms with Crippen LogP contribution in [-0.2, 0) is 31.2 Å². The Labute approximate surface area is 206 Å². The van der Waals surface area contributed by atoms with Crippen LogP contribution in [0.5, 0.6) is 0 Å². The van der Waals surface area contributed by atoms with E-state index in [1.54, 1.807) is 7.11 Å². The quantitative estimate of drug-likeness (QED) is 0.264. The summed E-state index contributed by atoms with van der Waals surface area (Å²) in [5, 5.41) is 17.5. The molecule has 0 bridgehead atoms. The Morgan fingerprint density at radius 1 is 0.971 bits per heavy atom. The van der Waals surface area contributed by atoms with Gasteiger partial charge < -0.3 is 4.74 Å². The third-order valence-electron chi connectivity index (χ3n) is 6.04. The molecule has 7 nitrogen and oxygen atoms in total. The second kappa shape index (κ2) is 10.4. The predicted molar refractivity (Wildman–Crippen MR) is 138 cm³/mol. The van der Waals surface area contributed by atoms with Gasteiger partial charge in [-0.15, -0.1) is 0 Å². The molecule has 8 heteroatoms. The first-order valence-electron chi connectivity index (χ1n) is 11.8. The van der Waals surface area contributed by atoms with E-state index in [4.69, 9.17) is 9.84 Å². The fraction of sp³-hybridized carbons (Fsp3) is 0.385. The Hall–Kier alpha value is -2.52. The minimum atomic E-state index is -2.53. The van der Waals surface area contributed by atoms with Crippen LogP contribution >= 0.6 is 0 Å². The molecule has 0 spiro atoms. The molecule has 34 heavy (non-hydrogen) atoms. The molecule has 0 aliphatic heterocycles. The number of methoxy groups -OCH3 is 1. The molecule has 2 aromatic carbocycles. The van der Waals surface area contributed by atoms with Crippen molar-refractivity contribution in [3.05, 3.63) is 71.0 Å². The Balaban J connectivity index is 1.67. The van der Waals surface area contributed by atoms with Gasteiger partial charge in [0.25, 0.3) is 0 Å². The van der Waals surface area contributed by atoms with Crippen LogP contribution in [0.25, 0.3) is 22.5 Å². The van der Waals surface area contributed by atoms with Gasteiger partial charge in [0.05, 0.1) is 0 Å². The number of aromatic nitrogens is 6. The first-order valence-corrected chi connectivity index (χ1v) is 21.7. The van der Waals surface area contributed by atoms with E-state index in [0.717, 1.165) is 47.5 Å². The fourth-order valence-corrected chi connectivity index (χ4v) is 7.53. The fourth-order valence-electron chi connectivity index (χ4n) is 4.37. The standard InChI is InChI=1S/C23H25N6O.3CH3.Sn/c1-4-7-21-20(22(15-30-3)29(2)26-21)14-16-10-12-17(13-11-16)18-8-5-6-9-19(18)23-24-27-28-25-23;;;;/h5-6,8-13H,4,7,14-15H2,1-3H3;3*1H3;/q-1;;;;+1. The van der Waals surface area contributed by atoms with Crippen LogP contribution in [0, 0.1) is 0 Å². The number of aryl methyl sites for hydroxylation is 2. The van der Waals surface area contributed by atoms with Crippen molar-refractivity contribution < 1.29 is 4.74 Å². The van der Waals surface area contributed by atoms with E-state index in [-0.39, 0.29) is 0 Å². The zero-order valence-corrected chi connectivity index (χ0v) is 23.9. The maximum absolute atomic E-state index is 5.46. The number of benzene rings is 2. The summed E-state index contributed by atoms with van der Waals surface area (Å²) in [6, 6.07) is 17.2. The molecule has 0 unspecified atom stereocenters. The van der Waals surface area contributed by atoms with Crippen LogP contribution in [0.2, 0.25) is 14.8 Å². The van der Waals surface area contributed by atoms with Crippen molar-refractivity contribution in [3.8, 4) is 22.5 Å². The monoisotopic (exact) mass is 566 g/mol. The molecule has 4 aromatic rings. The molecule has 0 aliphatic rings. The minimum absolute atomic E-state index is 0.571. The van der Waals surface area contributed by atoms with Gasteiger partial charge in [-0.05, 0) is 0 Å². The van der Waals surface area contributed by atoms with E-state index < -0.39 is 18.7 Å². The molecule has 0 atom stereocenters. The zero-order chi connectivity index (χ0) is 24.3. The van der Waals surface area contributed by atoms with Crippen LogP contribution in [0.3, 0.4) is 0 Å². The average Bonchev–Trinajstić information content (AvgIpc) is 3.41. The van der Waals surface area contributed by atoms with Gasteiger partial charge in [0.15, 0.2) is 0 Å². The predicted octanol–water partition coefficient (Wildman–Crippen LogP) is 5.11. The SMILES string of the molecule is CCCc1nn(C)c(COC)c1Cc1ccc(-c2ccccc2-c2nnn[n]2[Sn]([CH3])([CH3])[CH3])cc1. The van der Waals surface area contributed by atoms with Crippen molar-refractivity contribution in [2.75, 3.05) is 7.11 Å². The molecule has 0 saturated heterocycles. The molecule has 2 heterocycles. The van der Waals surface area contributed by atoms with Crippen molar-refractivity contribution in [2.24, 2.45) is 7.05 Å². The first-order chi connectivity index (χ1) is 16.3. The zero-order valence-electron chi connectivity index (χ0n) is 21.0. The van der Waals surface area contributed by atoms with Gasteiger partial charge in [0.1, 0.15) is 0 Å². The topological polar surface area (TPSA) is 70.7 Å². The van der Waals surface area contributed by atoms with Crippen molar-refractivity contribution in [2.45, 2.75) is 47.6 Å². The van der Waals surface area contributed by atoms with E-state index in [1.165, 1.54) is 16.8 Å². The Morgan fingerprint density at radius 3 is 2.32 bits per heavy atom. The summed E-state index contributed by atoms with van der Waals surface area (Å²) >= 11 is -2.53. The summed E-state index contributed by atoms with van der Waals surface area (Å²) in [7, 11) is 3.74. The van der Waals surface area contributed by atoms with Gasteiger partial charge in [-0.3, -0.25) is 0 Å². The van der Waals surface area contributed by atoms with Crippen LogP contribution in [-0.4, -0.2) is 54.0 Å². The molecule has 0 amide bonds. The number of nitrogens with zero attached hydrogens (tertiary/aromatic N) is 6. The first kappa shape index (κ1) is 24.6. The summed E-state index contributed by atoms with van der Waals surface area (Å²) in [6.45, 7) is 2.77. The van der Waals surface area contributed by atoms with Gasteiger partial charge >= 0.3 is 175 Å². The van der Waals surface area contributed by atoms with Crippen molar-refractivity contribution in [1.82, 2.24) is 28.2 Å². The second-order valence-corrected chi connectivity index (χ2v) is 23.3. The maximum atomic E-state index is 5.46. The number of hydrogen-bond acceptors (Lipinski definition) is 5. The molecular formula is C26H34N6OSn. The summed E-state index contributed by atoms with van der Waals surface area (Å²) < 4.78 is 9.53. The molecule has 0 radical (unpaired) electrons. The summed E-state index contributed by atoms with van der Waals surface area (Å²) in [6.07, 6.45) is 2.90. The Kier molecular flexibility index (Phi) is 7.52.